The van der Waals surface area contributed by atoms with Crippen molar-refractivity contribution >= 4 is 11.7 Å². The average Bonchev–Trinajstić information content (AvgIpc) is 2.44. The van der Waals surface area contributed by atoms with E-state index in [0.717, 1.165) is 19.4 Å². The van der Waals surface area contributed by atoms with Crippen LogP contribution in [0, 0.1) is 0 Å². The van der Waals surface area contributed by atoms with Gasteiger partial charge in [0.25, 0.3) is 5.91 Å². The van der Waals surface area contributed by atoms with Crippen molar-refractivity contribution in [3.8, 4) is 0 Å². The summed E-state index contributed by atoms with van der Waals surface area (Å²) in [6.45, 7) is 5.40. The van der Waals surface area contributed by atoms with Crippen molar-refractivity contribution in [3.63, 3.8) is 0 Å². The molecule has 1 unspecified atom stereocenters. The van der Waals surface area contributed by atoms with Gasteiger partial charge in [0.1, 0.15) is 5.82 Å². The van der Waals surface area contributed by atoms with Crippen molar-refractivity contribution in [1.29, 1.82) is 0 Å². The summed E-state index contributed by atoms with van der Waals surface area (Å²) in [6, 6.07) is 3.57. The second kappa shape index (κ2) is 8.48. The summed E-state index contributed by atoms with van der Waals surface area (Å²) in [4.78, 5) is 16.4. The maximum atomic E-state index is 12.2. The Kier molecular flexibility index (Phi) is 6.89. The van der Waals surface area contributed by atoms with Gasteiger partial charge < -0.3 is 15.4 Å². The summed E-state index contributed by atoms with van der Waals surface area (Å²) >= 11 is 0. The number of hydrogen-bond donors (Lipinski definition) is 2. The molecule has 0 bridgehead atoms. The number of anilines is 1. The minimum absolute atomic E-state index is 0.0248. The van der Waals surface area contributed by atoms with Crippen molar-refractivity contribution in [3.05, 3.63) is 23.9 Å². The van der Waals surface area contributed by atoms with Gasteiger partial charge in [-0.25, -0.2) is 4.98 Å². The number of carbonyl (C=O) groups excluding carboxylic acids is 1. The second-order valence-electron chi connectivity index (χ2n) is 4.36. The number of methoxy groups -OCH3 is 1. The van der Waals surface area contributed by atoms with Crippen LogP contribution in [0.25, 0.3) is 0 Å². The molecule has 106 valence electrons. The third-order valence-corrected chi connectivity index (χ3v) is 2.79. The summed E-state index contributed by atoms with van der Waals surface area (Å²) in [6.07, 6.45) is 3.50. The number of amides is 1. The topological polar surface area (TPSA) is 63.2 Å². The van der Waals surface area contributed by atoms with Crippen LogP contribution in [-0.4, -0.2) is 37.2 Å². The van der Waals surface area contributed by atoms with Gasteiger partial charge in [-0.15, -0.1) is 0 Å². The Morgan fingerprint density at radius 2 is 2.26 bits per heavy atom. The average molecular weight is 265 g/mol. The summed E-state index contributed by atoms with van der Waals surface area (Å²) < 4.78 is 5.08. The number of nitrogens with zero attached hydrogens (tertiary/aromatic N) is 1. The van der Waals surface area contributed by atoms with Crippen LogP contribution in [-0.2, 0) is 4.74 Å². The summed E-state index contributed by atoms with van der Waals surface area (Å²) in [5.41, 5.74) is 0.575. The molecule has 2 N–H and O–H groups in total. The van der Waals surface area contributed by atoms with Gasteiger partial charge in [-0.05, 0) is 25.0 Å². The molecule has 0 aromatic carbocycles. The normalized spacial score (nSPS) is 11.9. The number of pyridine rings is 1. The lowest BCUT2D eigenvalue weighted by Gasteiger charge is -2.17. The van der Waals surface area contributed by atoms with Crippen LogP contribution >= 0.6 is 0 Å². The summed E-state index contributed by atoms with van der Waals surface area (Å²) in [7, 11) is 1.63. The zero-order valence-electron chi connectivity index (χ0n) is 11.9. The van der Waals surface area contributed by atoms with Crippen molar-refractivity contribution in [2.75, 3.05) is 25.6 Å². The van der Waals surface area contributed by atoms with Crippen LogP contribution in [0.2, 0.25) is 0 Å². The maximum Gasteiger partial charge on any atom is 0.255 e. The zero-order valence-corrected chi connectivity index (χ0v) is 11.9. The quantitative estimate of drug-likeness (QED) is 0.755. The molecule has 5 nitrogen and oxygen atoms in total. The first-order chi connectivity index (χ1) is 9.22. The Balaban J connectivity index is 2.75. The molecule has 0 fully saturated rings. The molecule has 1 aromatic rings. The highest BCUT2D eigenvalue weighted by Crippen LogP contribution is 2.11. The Hall–Kier alpha value is -1.62. The molecule has 1 atom stereocenters. The lowest BCUT2D eigenvalue weighted by atomic mass is 10.2. The standard InChI is InChI=1S/C14H23N3O2/c1-4-8-15-13-12(7-6-9-16-13)14(18)17-11(5-2)10-19-3/h6-7,9,11H,4-5,8,10H2,1-3H3,(H,15,16)(H,17,18). The van der Waals surface area contributed by atoms with E-state index < -0.39 is 0 Å². The van der Waals surface area contributed by atoms with Gasteiger partial charge >= 0.3 is 0 Å². The van der Waals surface area contributed by atoms with E-state index in [-0.39, 0.29) is 11.9 Å². The molecule has 1 amide bonds. The molecule has 1 aromatic heterocycles. The highest BCUT2D eigenvalue weighted by molar-refractivity contribution is 5.98. The minimum Gasteiger partial charge on any atom is -0.383 e. The molecule has 0 saturated carbocycles. The molecule has 19 heavy (non-hydrogen) atoms. The van der Waals surface area contributed by atoms with Gasteiger partial charge in [0.05, 0.1) is 18.2 Å². The molecule has 5 heteroatoms. The fourth-order valence-corrected chi connectivity index (χ4v) is 1.70. The van der Waals surface area contributed by atoms with Crippen LogP contribution in [0.5, 0.6) is 0 Å². The Morgan fingerprint density at radius 3 is 2.89 bits per heavy atom. The van der Waals surface area contributed by atoms with E-state index in [1.54, 1.807) is 25.4 Å². The van der Waals surface area contributed by atoms with Gasteiger partial charge in [-0.3, -0.25) is 4.79 Å². The molecule has 0 spiro atoms. The van der Waals surface area contributed by atoms with Crippen molar-refractivity contribution < 1.29 is 9.53 Å². The molecule has 1 rings (SSSR count). The smallest absolute Gasteiger partial charge is 0.255 e. The van der Waals surface area contributed by atoms with Crippen molar-refractivity contribution in [1.82, 2.24) is 10.3 Å². The molecule has 0 aliphatic rings. The van der Waals surface area contributed by atoms with E-state index in [2.05, 4.69) is 22.5 Å². The van der Waals surface area contributed by atoms with Crippen molar-refractivity contribution in [2.45, 2.75) is 32.7 Å². The van der Waals surface area contributed by atoms with E-state index in [4.69, 9.17) is 4.74 Å². The van der Waals surface area contributed by atoms with Crippen LogP contribution in [0.1, 0.15) is 37.0 Å². The summed E-state index contributed by atoms with van der Waals surface area (Å²) in [5, 5.41) is 6.12. The monoisotopic (exact) mass is 265 g/mol. The predicted octanol–water partition coefficient (Wildman–Crippen LogP) is 2.06. The molecule has 0 aliphatic heterocycles. The molecule has 0 saturated heterocycles. The second-order valence-corrected chi connectivity index (χ2v) is 4.36. The maximum absolute atomic E-state index is 12.2. The van der Waals surface area contributed by atoms with Crippen LogP contribution in [0.15, 0.2) is 18.3 Å². The lowest BCUT2D eigenvalue weighted by molar-refractivity contribution is 0.0895. The highest BCUT2D eigenvalue weighted by Gasteiger charge is 2.15. The van der Waals surface area contributed by atoms with E-state index >= 15 is 0 Å². The van der Waals surface area contributed by atoms with Crippen LogP contribution in [0.3, 0.4) is 0 Å². The SMILES string of the molecule is CCCNc1ncccc1C(=O)NC(CC)COC. The third-order valence-electron chi connectivity index (χ3n) is 2.79. The largest absolute Gasteiger partial charge is 0.383 e. The van der Waals surface area contributed by atoms with Gasteiger partial charge in [0.2, 0.25) is 0 Å². The lowest BCUT2D eigenvalue weighted by Crippen LogP contribution is -2.37. The molecule has 1 heterocycles. The Labute approximate surface area is 114 Å². The van der Waals surface area contributed by atoms with E-state index in [9.17, 15) is 4.79 Å². The number of carbonyl (C=O) groups is 1. The Bertz CT molecular complexity index is 396. The van der Waals surface area contributed by atoms with E-state index in [1.165, 1.54) is 0 Å². The fourth-order valence-electron chi connectivity index (χ4n) is 1.70. The van der Waals surface area contributed by atoms with E-state index in [0.29, 0.717) is 18.0 Å². The van der Waals surface area contributed by atoms with Crippen LogP contribution < -0.4 is 10.6 Å². The minimum atomic E-state index is -0.115. The first-order valence-electron chi connectivity index (χ1n) is 6.71. The van der Waals surface area contributed by atoms with Gasteiger partial charge in [-0.1, -0.05) is 13.8 Å². The van der Waals surface area contributed by atoms with Gasteiger partial charge in [0.15, 0.2) is 0 Å². The number of rotatable bonds is 8. The number of hydrogen-bond acceptors (Lipinski definition) is 4. The number of ether oxygens (including phenoxy) is 1. The van der Waals surface area contributed by atoms with Crippen LogP contribution in [0.4, 0.5) is 5.82 Å². The Morgan fingerprint density at radius 1 is 1.47 bits per heavy atom. The molecular formula is C14H23N3O2. The first kappa shape index (κ1) is 15.4. The van der Waals surface area contributed by atoms with Gasteiger partial charge in [-0.2, -0.15) is 0 Å². The van der Waals surface area contributed by atoms with Gasteiger partial charge in [0, 0.05) is 19.9 Å². The first-order valence-corrected chi connectivity index (χ1v) is 6.71. The summed E-state index contributed by atoms with van der Waals surface area (Å²) in [5.74, 6) is 0.518. The van der Waals surface area contributed by atoms with Crippen molar-refractivity contribution in [2.24, 2.45) is 0 Å². The predicted molar refractivity (Wildman–Crippen MR) is 76.4 cm³/mol. The number of nitrogens with one attached hydrogen (secondary N) is 2. The van der Waals surface area contributed by atoms with E-state index in [1.807, 2.05) is 6.92 Å². The zero-order chi connectivity index (χ0) is 14.1. The number of aromatic nitrogens is 1. The molecule has 0 aliphatic carbocycles. The fraction of sp³-hybridized carbons (Fsp3) is 0.571. The third kappa shape index (κ3) is 4.87. The molecular weight excluding hydrogens is 242 g/mol. The highest BCUT2D eigenvalue weighted by atomic mass is 16.5. The molecule has 0 radical (unpaired) electrons.